The molecule has 1 atom stereocenters. The third kappa shape index (κ3) is 4.98. The van der Waals surface area contributed by atoms with Gasteiger partial charge in [-0.3, -0.25) is 10.1 Å². The second-order valence-electron chi connectivity index (χ2n) is 6.06. The van der Waals surface area contributed by atoms with Gasteiger partial charge in [0.1, 0.15) is 12.2 Å². The Morgan fingerprint density at radius 2 is 2.00 bits per heavy atom. The summed E-state index contributed by atoms with van der Waals surface area (Å²) in [6.45, 7) is 12.4. The van der Waals surface area contributed by atoms with Gasteiger partial charge in [-0.1, -0.05) is 0 Å². The largest absolute Gasteiger partial charge is 0.350 e. The highest BCUT2D eigenvalue weighted by molar-refractivity contribution is 5.81. The molecule has 0 bridgehead atoms. The quantitative estimate of drug-likeness (QED) is 0.842. The number of hydrogen-bond donors (Lipinski definition) is 2. The molecule has 1 amide bonds. The van der Waals surface area contributed by atoms with E-state index in [1.54, 1.807) is 0 Å². The Bertz CT molecular complexity index is 419. The molecular formula is C13H25N5O. The number of rotatable bonds is 5. The van der Waals surface area contributed by atoms with Gasteiger partial charge in [0.15, 0.2) is 0 Å². The molecule has 6 heteroatoms. The highest BCUT2D eigenvalue weighted by Crippen LogP contribution is 2.05. The lowest BCUT2D eigenvalue weighted by atomic mass is 10.1. The molecule has 1 aromatic heterocycles. The summed E-state index contributed by atoms with van der Waals surface area (Å²) in [5.74, 6) is 0.827. The van der Waals surface area contributed by atoms with Crippen LogP contribution in [0.4, 0.5) is 0 Å². The van der Waals surface area contributed by atoms with Crippen LogP contribution in [0.15, 0.2) is 6.33 Å². The summed E-state index contributed by atoms with van der Waals surface area (Å²) in [5, 5.41) is 10.3. The Balaban J connectivity index is 2.52. The lowest BCUT2D eigenvalue weighted by Crippen LogP contribution is -2.49. The minimum atomic E-state index is -0.267. The number of hydrogen-bond acceptors (Lipinski definition) is 4. The normalized spacial score (nSPS) is 13.6. The molecule has 1 aromatic rings. The van der Waals surface area contributed by atoms with Crippen LogP contribution in [0.25, 0.3) is 0 Å². The molecular weight excluding hydrogens is 242 g/mol. The molecule has 0 aliphatic carbocycles. The molecule has 0 aliphatic heterocycles. The monoisotopic (exact) mass is 267 g/mol. The first-order valence-electron chi connectivity index (χ1n) is 6.64. The number of amides is 1. The van der Waals surface area contributed by atoms with Crippen LogP contribution in [0.1, 0.15) is 53.4 Å². The van der Waals surface area contributed by atoms with Crippen molar-refractivity contribution in [1.82, 2.24) is 25.4 Å². The van der Waals surface area contributed by atoms with Crippen LogP contribution in [0.3, 0.4) is 0 Å². The maximum atomic E-state index is 11.9. The predicted octanol–water partition coefficient (Wildman–Crippen LogP) is 1.25. The van der Waals surface area contributed by atoms with E-state index in [1.807, 2.05) is 46.2 Å². The van der Waals surface area contributed by atoms with Crippen LogP contribution in [-0.2, 0) is 11.3 Å². The van der Waals surface area contributed by atoms with Crippen molar-refractivity contribution in [2.45, 2.75) is 65.7 Å². The average Bonchev–Trinajstić information content (AvgIpc) is 2.71. The van der Waals surface area contributed by atoms with Crippen molar-refractivity contribution >= 4 is 5.91 Å². The van der Waals surface area contributed by atoms with Crippen LogP contribution in [0.5, 0.6) is 0 Å². The van der Waals surface area contributed by atoms with E-state index in [-0.39, 0.29) is 23.5 Å². The standard InChI is InChI=1S/C13H25N5O/c1-9(2)18-11(15-8-16-18)7-14-10(3)12(19)17-13(4,5)6/h8-10,14H,7H2,1-6H3,(H,17,19). The van der Waals surface area contributed by atoms with Gasteiger partial charge in [0.05, 0.1) is 12.6 Å². The highest BCUT2D eigenvalue weighted by Gasteiger charge is 2.19. The zero-order valence-electron chi connectivity index (χ0n) is 12.7. The van der Waals surface area contributed by atoms with E-state index in [0.717, 1.165) is 5.82 Å². The van der Waals surface area contributed by atoms with E-state index in [0.29, 0.717) is 6.54 Å². The minimum Gasteiger partial charge on any atom is -0.350 e. The summed E-state index contributed by atoms with van der Waals surface area (Å²) in [6.07, 6.45) is 1.54. The zero-order valence-corrected chi connectivity index (χ0v) is 12.7. The molecule has 0 radical (unpaired) electrons. The van der Waals surface area contributed by atoms with Crippen LogP contribution in [0, 0.1) is 0 Å². The summed E-state index contributed by atoms with van der Waals surface area (Å²) < 4.78 is 1.85. The first-order valence-corrected chi connectivity index (χ1v) is 6.64. The molecule has 0 aliphatic rings. The Hall–Kier alpha value is -1.43. The smallest absolute Gasteiger partial charge is 0.237 e. The van der Waals surface area contributed by atoms with Crippen molar-refractivity contribution in [2.75, 3.05) is 0 Å². The predicted molar refractivity (Wildman–Crippen MR) is 74.6 cm³/mol. The molecule has 1 heterocycles. The zero-order chi connectivity index (χ0) is 14.6. The fraction of sp³-hybridized carbons (Fsp3) is 0.769. The van der Waals surface area contributed by atoms with Crippen molar-refractivity contribution < 1.29 is 4.79 Å². The first-order chi connectivity index (χ1) is 8.70. The van der Waals surface area contributed by atoms with Crippen molar-refractivity contribution in [1.29, 1.82) is 0 Å². The van der Waals surface area contributed by atoms with Crippen molar-refractivity contribution in [3.8, 4) is 0 Å². The van der Waals surface area contributed by atoms with Gasteiger partial charge in [0.2, 0.25) is 5.91 Å². The van der Waals surface area contributed by atoms with E-state index in [9.17, 15) is 4.79 Å². The van der Waals surface area contributed by atoms with Gasteiger partial charge in [-0.15, -0.1) is 0 Å². The second kappa shape index (κ2) is 6.14. The molecule has 6 nitrogen and oxygen atoms in total. The van der Waals surface area contributed by atoms with Gasteiger partial charge in [0.25, 0.3) is 0 Å². The van der Waals surface area contributed by atoms with Crippen LogP contribution in [-0.4, -0.2) is 32.3 Å². The number of carbonyl (C=O) groups excluding carboxylic acids is 1. The van der Waals surface area contributed by atoms with E-state index in [2.05, 4.69) is 20.7 Å². The minimum absolute atomic E-state index is 0.0110. The van der Waals surface area contributed by atoms with Crippen molar-refractivity contribution in [3.63, 3.8) is 0 Å². The Labute approximate surface area is 115 Å². The summed E-state index contributed by atoms with van der Waals surface area (Å²) >= 11 is 0. The Kier molecular flexibility index (Phi) is 5.05. The highest BCUT2D eigenvalue weighted by atomic mass is 16.2. The molecule has 2 N–H and O–H groups in total. The summed E-state index contributed by atoms with van der Waals surface area (Å²) in [6, 6.07) is -0.00505. The number of carbonyl (C=O) groups is 1. The van der Waals surface area contributed by atoms with E-state index < -0.39 is 0 Å². The van der Waals surface area contributed by atoms with E-state index in [4.69, 9.17) is 0 Å². The molecule has 1 unspecified atom stereocenters. The fourth-order valence-electron chi connectivity index (χ4n) is 1.65. The number of nitrogens with zero attached hydrogens (tertiary/aromatic N) is 3. The van der Waals surface area contributed by atoms with Gasteiger partial charge in [0, 0.05) is 11.6 Å². The molecule has 0 aromatic carbocycles. The first kappa shape index (κ1) is 15.6. The topological polar surface area (TPSA) is 71.8 Å². The molecule has 0 fully saturated rings. The molecule has 1 rings (SSSR count). The van der Waals surface area contributed by atoms with Gasteiger partial charge >= 0.3 is 0 Å². The van der Waals surface area contributed by atoms with E-state index in [1.165, 1.54) is 6.33 Å². The molecule has 0 saturated heterocycles. The molecule has 19 heavy (non-hydrogen) atoms. The lowest BCUT2D eigenvalue weighted by molar-refractivity contribution is -0.124. The van der Waals surface area contributed by atoms with Gasteiger partial charge in [-0.25, -0.2) is 9.67 Å². The second-order valence-corrected chi connectivity index (χ2v) is 6.06. The third-order valence-electron chi connectivity index (χ3n) is 2.59. The Morgan fingerprint density at radius 3 is 2.53 bits per heavy atom. The summed E-state index contributed by atoms with van der Waals surface area (Å²) in [5.41, 5.74) is -0.217. The lowest BCUT2D eigenvalue weighted by Gasteiger charge is -2.23. The fourth-order valence-corrected chi connectivity index (χ4v) is 1.65. The van der Waals surface area contributed by atoms with Crippen LogP contribution < -0.4 is 10.6 Å². The van der Waals surface area contributed by atoms with Crippen molar-refractivity contribution in [2.24, 2.45) is 0 Å². The van der Waals surface area contributed by atoms with Crippen LogP contribution in [0.2, 0.25) is 0 Å². The van der Waals surface area contributed by atoms with Gasteiger partial charge in [-0.05, 0) is 41.5 Å². The number of nitrogens with one attached hydrogen (secondary N) is 2. The molecule has 0 saturated carbocycles. The van der Waals surface area contributed by atoms with Crippen LogP contribution >= 0.6 is 0 Å². The Morgan fingerprint density at radius 1 is 1.37 bits per heavy atom. The molecule has 0 spiro atoms. The average molecular weight is 267 g/mol. The SMILES string of the molecule is CC(NCc1ncnn1C(C)C)C(=O)NC(C)(C)C. The van der Waals surface area contributed by atoms with Gasteiger partial charge in [-0.2, -0.15) is 5.10 Å². The maximum absolute atomic E-state index is 11.9. The van der Waals surface area contributed by atoms with E-state index >= 15 is 0 Å². The number of aromatic nitrogens is 3. The van der Waals surface area contributed by atoms with Gasteiger partial charge < -0.3 is 5.32 Å². The molecule has 108 valence electrons. The maximum Gasteiger partial charge on any atom is 0.237 e. The summed E-state index contributed by atoms with van der Waals surface area (Å²) in [7, 11) is 0. The summed E-state index contributed by atoms with van der Waals surface area (Å²) in [4.78, 5) is 16.1. The third-order valence-corrected chi connectivity index (χ3v) is 2.59. The van der Waals surface area contributed by atoms with Crippen molar-refractivity contribution in [3.05, 3.63) is 12.2 Å².